The summed E-state index contributed by atoms with van der Waals surface area (Å²) < 4.78 is 5.22. The van der Waals surface area contributed by atoms with Crippen LogP contribution in [-0.2, 0) is 14.3 Å². The minimum atomic E-state index is -0.444. The van der Waals surface area contributed by atoms with Crippen LogP contribution >= 0.6 is 0 Å². The molecular weight excluding hydrogens is 252 g/mol. The maximum atomic E-state index is 12.4. The summed E-state index contributed by atoms with van der Waals surface area (Å²) in [5.41, 5.74) is -0.609. The van der Waals surface area contributed by atoms with E-state index in [9.17, 15) is 9.59 Å². The molecule has 112 valence electrons. The van der Waals surface area contributed by atoms with Crippen LogP contribution in [0.3, 0.4) is 0 Å². The number of allylic oxidation sites excluding steroid dienone is 2. The highest BCUT2D eigenvalue weighted by Crippen LogP contribution is 2.48. The molecule has 0 aromatic carbocycles. The van der Waals surface area contributed by atoms with Crippen LogP contribution in [0.5, 0.6) is 0 Å². The Kier molecular flexibility index (Phi) is 4.36. The molecule has 2 aliphatic rings. The number of carbonyl (C=O) groups excluding carboxylic acids is 2. The van der Waals surface area contributed by atoms with Crippen LogP contribution in [0, 0.1) is 16.7 Å². The Morgan fingerprint density at radius 3 is 2.40 bits per heavy atom. The van der Waals surface area contributed by atoms with Crippen molar-refractivity contribution in [3.63, 3.8) is 0 Å². The summed E-state index contributed by atoms with van der Waals surface area (Å²) in [6, 6.07) is 0. The molecule has 1 saturated carbocycles. The lowest BCUT2D eigenvalue weighted by atomic mass is 9.66. The van der Waals surface area contributed by atoms with Gasteiger partial charge in [-0.05, 0) is 30.6 Å². The third-order valence-electron chi connectivity index (χ3n) is 5.39. The van der Waals surface area contributed by atoms with Crippen molar-refractivity contribution in [2.45, 2.75) is 59.3 Å². The van der Waals surface area contributed by atoms with E-state index in [4.69, 9.17) is 4.74 Å². The van der Waals surface area contributed by atoms with Gasteiger partial charge in [0.25, 0.3) is 0 Å². The number of rotatable bonds is 5. The van der Waals surface area contributed by atoms with E-state index in [-0.39, 0.29) is 23.8 Å². The Morgan fingerprint density at radius 2 is 1.85 bits per heavy atom. The molecule has 1 fully saturated rings. The zero-order chi connectivity index (χ0) is 14.8. The van der Waals surface area contributed by atoms with Gasteiger partial charge in [0.2, 0.25) is 0 Å². The largest absolute Gasteiger partial charge is 0.458 e. The quantitative estimate of drug-likeness (QED) is 0.569. The highest BCUT2D eigenvalue weighted by molar-refractivity contribution is 5.89. The maximum Gasteiger partial charge on any atom is 0.306 e. The lowest BCUT2D eigenvalue weighted by Gasteiger charge is -2.36. The highest BCUT2D eigenvalue weighted by Gasteiger charge is 2.47. The van der Waals surface area contributed by atoms with Crippen LogP contribution in [0.1, 0.15) is 59.3 Å². The number of ketones is 1. The van der Waals surface area contributed by atoms with E-state index in [0.29, 0.717) is 12.3 Å². The average molecular weight is 278 g/mol. The van der Waals surface area contributed by atoms with Gasteiger partial charge in [0.1, 0.15) is 0 Å². The first kappa shape index (κ1) is 15.3. The first-order valence-corrected chi connectivity index (χ1v) is 7.72. The molecule has 3 heteroatoms. The van der Waals surface area contributed by atoms with Gasteiger partial charge in [-0.2, -0.15) is 0 Å². The van der Waals surface area contributed by atoms with E-state index in [2.05, 4.69) is 26.0 Å². The molecule has 0 aromatic rings. The van der Waals surface area contributed by atoms with E-state index in [1.807, 2.05) is 6.92 Å². The first-order valence-electron chi connectivity index (χ1n) is 7.72. The van der Waals surface area contributed by atoms with E-state index in [0.717, 1.165) is 19.3 Å². The number of carbonyl (C=O) groups is 2. The van der Waals surface area contributed by atoms with Crippen LogP contribution in [0.25, 0.3) is 0 Å². The van der Waals surface area contributed by atoms with Gasteiger partial charge in [0.05, 0.1) is 0 Å². The molecule has 2 rings (SSSR count). The minimum absolute atomic E-state index is 0.0345. The van der Waals surface area contributed by atoms with Crippen molar-refractivity contribution in [2.24, 2.45) is 16.7 Å². The van der Waals surface area contributed by atoms with Crippen molar-refractivity contribution in [3.05, 3.63) is 12.2 Å². The molecule has 0 aromatic heterocycles. The monoisotopic (exact) mass is 278 g/mol. The molecule has 3 nitrogen and oxygen atoms in total. The Bertz CT molecular complexity index is 416. The third kappa shape index (κ3) is 2.97. The number of ether oxygens (including phenoxy) is 1. The standard InChI is InChI=1S/C17H26O3/c1-16(2)9-6-10-17(16,3)14(18)12-20-15(19)11-13-7-4-5-8-13/h6,9,13H,4-5,7-8,10-12H2,1-3H3/t17-/m0/s1. The summed E-state index contributed by atoms with van der Waals surface area (Å²) in [7, 11) is 0. The van der Waals surface area contributed by atoms with Gasteiger partial charge >= 0.3 is 5.97 Å². The summed E-state index contributed by atoms with van der Waals surface area (Å²) in [5.74, 6) is 0.294. The normalized spacial score (nSPS) is 28.8. The van der Waals surface area contributed by atoms with Gasteiger partial charge in [0, 0.05) is 11.8 Å². The lowest BCUT2D eigenvalue weighted by Crippen LogP contribution is -2.40. The second-order valence-corrected chi connectivity index (χ2v) is 7.10. The second kappa shape index (κ2) is 5.71. The van der Waals surface area contributed by atoms with Crippen LogP contribution in [0.15, 0.2) is 12.2 Å². The van der Waals surface area contributed by atoms with E-state index < -0.39 is 5.41 Å². The Balaban J connectivity index is 1.81. The van der Waals surface area contributed by atoms with Gasteiger partial charge in [0.15, 0.2) is 12.4 Å². The molecule has 0 saturated heterocycles. The van der Waals surface area contributed by atoms with Crippen molar-refractivity contribution in [3.8, 4) is 0 Å². The van der Waals surface area contributed by atoms with Crippen LogP contribution in [0.4, 0.5) is 0 Å². The fraction of sp³-hybridized carbons (Fsp3) is 0.765. The van der Waals surface area contributed by atoms with E-state index in [1.165, 1.54) is 12.8 Å². The predicted octanol–water partition coefficient (Wildman–Crippen LogP) is 3.67. The summed E-state index contributed by atoms with van der Waals surface area (Å²) in [5, 5.41) is 0. The van der Waals surface area contributed by atoms with Crippen LogP contribution < -0.4 is 0 Å². The topological polar surface area (TPSA) is 43.4 Å². The van der Waals surface area contributed by atoms with Crippen molar-refractivity contribution < 1.29 is 14.3 Å². The molecular formula is C17H26O3. The van der Waals surface area contributed by atoms with Crippen LogP contribution in [0.2, 0.25) is 0 Å². The summed E-state index contributed by atoms with van der Waals surface area (Å²) >= 11 is 0. The molecule has 0 unspecified atom stereocenters. The number of hydrogen-bond donors (Lipinski definition) is 0. The van der Waals surface area contributed by atoms with E-state index >= 15 is 0 Å². The van der Waals surface area contributed by atoms with Gasteiger partial charge in [-0.3, -0.25) is 9.59 Å². The van der Waals surface area contributed by atoms with Gasteiger partial charge < -0.3 is 4.74 Å². The van der Waals surface area contributed by atoms with Crippen molar-refractivity contribution in [2.75, 3.05) is 6.61 Å². The molecule has 0 amide bonds. The second-order valence-electron chi connectivity index (χ2n) is 7.10. The zero-order valence-corrected chi connectivity index (χ0v) is 12.9. The number of Topliss-reactive ketones (excluding diaryl/α,β-unsaturated/α-hetero) is 1. The molecule has 0 radical (unpaired) electrons. The van der Waals surface area contributed by atoms with Crippen molar-refractivity contribution >= 4 is 11.8 Å². The van der Waals surface area contributed by atoms with Gasteiger partial charge in [-0.1, -0.05) is 45.8 Å². The smallest absolute Gasteiger partial charge is 0.306 e. The molecule has 1 atom stereocenters. The Labute approximate surface area is 121 Å². The third-order valence-corrected chi connectivity index (χ3v) is 5.39. The number of esters is 1. The zero-order valence-electron chi connectivity index (χ0n) is 12.9. The summed E-state index contributed by atoms with van der Waals surface area (Å²) in [4.78, 5) is 24.2. The predicted molar refractivity (Wildman–Crippen MR) is 78.2 cm³/mol. The lowest BCUT2D eigenvalue weighted by molar-refractivity contribution is -0.152. The first-order chi connectivity index (χ1) is 9.35. The molecule has 0 N–H and O–H groups in total. The van der Waals surface area contributed by atoms with Crippen LogP contribution in [-0.4, -0.2) is 18.4 Å². The fourth-order valence-corrected chi connectivity index (χ4v) is 3.32. The Hall–Kier alpha value is -1.12. The SMILES string of the molecule is CC1(C)C=CC[C@@]1(C)C(=O)COC(=O)CC1CCCC1. The average Bonchev–Trinajstić information content (AvgIpc) is 2.96. The van der Waals surface area contributed by atoms with E-state index in [1.54, 1.807) is 0 Å². The summed E-state index contributed by atoms with van der Waals surface area (Å²) in [6.45, 7) is 6.02. The molecule has 20 heavy (non-hydrogen) atoms. The minimum Gasteiger partial charge on any atom is -0.458 e. The molecule has 0 bridgehead atoms. The van der Waals surface area contributed by atoms with Gasteiger partial charge in [-0.25, -0.2) is 0 Å². The molecule has 0 heterocycles. The number of hydrogen-bond acceptors (Lipinski definition) is 3. The maximum absolute atomic E-state index is 12.4. The van der Waals surface area contributed by atoms with Crippen molar-refractivity contribution in [1.82, 2.24) is 0 Å². The fourth-order valence-electron chi connectivity index (χ4n) is 3.32. The van der Waals surface area contributed by atoms with Gasteiger partial charge in [-0.15, -0.1) is 0 Å². The molecule has 0 aliphatic heterocycles. The Morgan fingerprint density at radius 1 is 1.20 bits per heavy atom. The molecule has 2 aliphatic carbocycles. The van der Waals surface area contributed by atoms with Crippen molar-refractivity contribution in [1.29, 1.82) is 0 Å². The summed E-state index contributed by atoms with van der Waals surface area (Å²) in [6.07, 6.45) is 10.0. The highest BCUT2D eigenvalue weighted by atomic mass is 16.5. The molecule has 0 spiro atoms.